The fraction of sp³-hybridized carbons (Fsp3) is 0.125. The van der Waals surface area contributed by atoms with E-state index in [9.17, 15) is 13.2 Å². The van der Waals surface area contributed by atoms with Gasteiger partial charge in [0.1, 0.15) is 0 Å². The quantitative estimate of drug-likeness (QED) is 0.638. The van der Waals surface area contributed by atoms with E-state index in [1.807, 2.05) is 18.2 Å². The summed E-state index contributed by atoms with van der Waals surface area (Å²) < 4.78 is 57.5. The van der Waals surface area contributed by atoms with E-state index in [2.05, 4.69) is 11.6 Å². The van der Waals surface area contributed by atoms with Gasteiger partial charge >= 0.3 is 15.6 Å². The number of nitrogens with zero attached hydrogens (tertiary/aromatic N) is 1. The molecule has 1 aromatic heterocycles. The molecule has 0 amide bonds. The summed E-state index contributed by atoms with van der Waals surface area (Å²) in [5.74, 6) is 0. The molecule has 0 unspecified atom stereocenters. The molecule has 4 nitrogen and oxygen atoms in total. The van der Waals surface area contributed by atoms with Crippen molar-refractivity contribution < 1.29 is 26.1 Å². The van der Waals surface area contributed by atoms with E-state index in [4.69, 9.17) is 13.0 Å². The lowest BCUT2D eigenvalue weighted by atomic mass is 10.4. The van der Waals surface area contributed by atoms with E-state index in [1.54, 1.807) is 12.3 Å². The molecular weight excluding hydrogens is 283 g/mol. The van der Waals surface area contributed by atoms with Crippen molar-refractivity contribution in [2.24, 2.45) is 0 Å². The van der Waals surface area contributed by atoms with Gasteiger partial charge in [0.2, 0.25) is 0 Å². The zero-order valence-corrected chi connectivity index (χ0v) is 9.89. The van der Waals surface area contributed by atoms with E-state index in [0.29, 0.717) is 0 Å². The lowest BCUT2D eigenvalue weighted by molar-refractivity contribution is -0.0510. The van der Waals surface area contributed by atoms with Gasteiger partial charge in [-0.05, 0) is 18.2 Å². The summed E-state index contributed by atoms with van der Waals surface area (Å²) in [5.41, 5.74) is -4.61. The Labute approximate surface area is 102 Å². The van der Waals surface area contributed by atoms with Crippen molar-refractivity contribution in [1.29, 1.82) is 0 Å². The largest absolute Gasteiger partial charge is 0.522 e. The molecule has 1 heterocycles. The molecule has 0 atom stereocenters. The molecule has 1 aromatic rings. The van der Waals surface area contributed by atoms with Crippen LogP contribution in [-0.2, 0) is 10.1 Å². The van der Waals surface area contributed by atoms with Crippen LogP contribution in [0.25, 0.3) is 6.08 Å². The summed E-state index contributed by atoms with van der Waals surface area (Å²) in [5, 5.41) is 0. The summed E-state index contributed by atoms with van der Waals surface area (Å²) in [6.45, 7) is 3.57. The normalized spacial score (nSPS) is 10.6. The van der Waals surface area contributed by atoms with Crippen molar-refractivity contribution in [1.82, 2.24) is 4.98 Å². The van der Waals surface area contributed by atoms with Crippen LogP contribution in [0.2, 0.25) is 0 Å². The second-order valence-electron chi connectivity index (χ2n) is 2.38. The SMILES string of the molecule is C=Cc1ccccn1.Cl.O=S(=O)(O)C(F)(F)F. The molecule has 0 aromatic carbocycles. The maximum absolute atomic E-state index is 10.7. The van der Waals surface area contributed by atoms with Crippen molar-refractivity contribution in [3.63, 3.8) is 0 Å². The molecule has 1 N–H and O–H groups in total. The first-order chi connectivity index (χ1) is 7.18. The number of hydrogen-bond acceptors (Lipinski definition) is 3. The van der Waals surface area contributed by atoms with Gasteiger partial charge in [-0.1, -0.05) is 12.6 Å². The summed E-state index contributed by atoms with van der Waals surface area (Å²) >= 11 is 0. The summed E-state index contributed by atoms with van der Waals surface area (Å²) in [7, 11) is -5.84. The second-order valence-corrected chi connectivity index (χ2v) is 3.79. The molecule has 0 aliphatic heterocycles. The third-order valence-electron chi connectivity index (χ3n) is 1.19. The van der Waals surface area contributed by atoms with Crippen LogP contribution in [0.4, 0.5) is 13.2 Å². The Morgan fingerprint density at radius 3 is 2.00 bits per heavy atom. The number of halogens is 4. The molecule has 0 aliphatic carbocycles. The number of alkyl halides is 3. The molecule has 17 heavy (non-hydrogen) atoms. The van der Waals surface area contributed by atoms with Gasteiger partial charge in [0, 0.05) is 6.20 Å². The molecule has 0 saturated heterocycles. The van der Waals surface area contributed by atoms with Crippen LogP contribution in [0.1, 0.15) is 5.69 Å². The third-order valence-corrected chi connectivity index (χ3v) is 1.77. The number of rotatable bonds is 1. The Kier molecular flexibility index (Phi) is 7.79. The average molecular weight is 292 g/mol. The first-order valence-corrected chi connectivity index (χ1v) is 5.19. The van der Waals surface area contributed by atoms with Crippen LogP contribution in [0, 0.1) is 0 Å². The Bertz CT molecular complexity index is 433. The van der Waals surface area contributed by atoms with E-state index >= 15 is 0 Å². The van der Waals surface area contributed by atoms with Gasteiger partial charge in [0.15, 0.2) is 0 Å². The predicted molar refractivity (Wildman–Crippen MR) is 59.2 cm³/mol. The smallest absolute Gasteiger partial charge is 0.279 e. The fourth-order valence-corrected chi connectivity index (χ4v) is 0.497. The first-order valence-electron chi connectivity index (χ1n) is 3.75. The van der Waals surface area contributed by atoms with Gasteiger partial charge in [-0.25, -0.2) is 0 Å². The predicted octanol–water partition coefficient (Wildman–Crippen LogP) is 2.54. The molecule has 0 spiro atoms. The average Bonchev–Trinajstić information content (AvgIpc) is 2.17. The minimum atomic E-state index is -5.84. The van der Waals surface area contributed by atoms with E-state index < -0.39 is 15.6 Å². The van der Waals surface area contributed by atoms with Crippen molar-refractivity contribution in [2.75, 3.05) is 0 Å². The maximum Gasteiger partial charge on any atom is 0.522 e. The van der Waals surface area contributed by atoms with E-state index in [-0.39, 0.29) is 12.4 Å². The molecule has 98 valence electrons. The highest BCUT2D eigenvalue weighted by Crippen LogP contribution is 2.20. The van der Waals surface area contributed by atoms with Gasteiger partial charge in [-0.15, -0.1) is 12.4 Å². The Hall–Kier alpha value is -1.12. The molecule has 0 fully saturated rings. The van der Waals surface area contributed by atoms with Crippen LogP contribution in [-0.4, -0.2) is 23.5 Å². The zero-order chi connectivity index (χ0) is 12.8. The van der Waals surface area contributed by atoms with Crippen molar-refractivity contribution in [3.8, 4) is 0 Å². The van der Waals surface area contributed by atoms with Crippen LogP contribution < -0.4 is 0 Å². The lowest BCUT2D eigenvalue weighted by Crippen LogP contribution is -2.21. The monoisotopic (exact) mass is 291 g/mol. The highest BCUT2D eigenvalue weighted by atomic mass is 35.5. The number of aromatic nitrogens is 1. The van der Waals surface area contributed by atoms with E-state index in [0.717, 1.165) is 5.69 Å². The van der Waals surface area contributed by atoms with Gasteiger partial charge in [0.25, 0.3) is 0 Å². The lowest BCUT2D eigenvalue weighted by Gasteiger charge is -1.97. The molecule has 0 bridgehead atoms. The van der Waals surface area contributed by atoms with Crippen LogP contribution in [0.5, 0.6) is 0 Å². The Morgan fingerprint density at radius 2 is 1.82 bits per heavy atom. The zero-order valence-electron chi connectivity index (χ0n) is 8.26. The number of pyridine rings is 1. The first kappa shape index (κ1) is 18.3. The number of hydrogen-bond donors (Lipinski definition) is 1. The van der Waals surface area contributed by atoms with E-state index in [1.165, 1.54) is 0 Å². The molecule has 0 radical (unpaired) electrons. The second kappa shape index (κ2) is 7.25. The van der Waals surface area contributed by atoms with Crippen LogP contribution in [0.3, 0.4) is 0 Å². The van der Waals surface area contributed by atoms with Gasteiger partial charge in [-0.3, -0.25) is 9.54 Å². The van der Waals surface area contributed by atoms with Gasteiger partial charge < -0.3 is 0 Å². The standard InChI is InChI=1S/C7H7N.CHF3O3S.ClH/c1-2-7-5-3-4-6-8-7;2-1(3,4)8(5,6)7;/h2-6H,1H2;(H,5,6,7);1H. The Morgan fingerprint density at radius 1 is 1.35 bits per heavy atom. The van der Waals surface area contributed by atoms with Crippen LogP contribution in [0.15, 0.2) is 31.0 Å². The molecule has 9 heteroatoms. The van der Waals surface area contributed by atoms with Crippen LogP contribution >= 0.6 is 12.4 Å². The highest BCUT2D eigenvalue weighted by Gasteiger charge is 2.44. The molecule has 1 rings (SSSR count). The fourth-order valence-electron chi connectivity index (χ4n) is 0.497. The van der Waals surface area contributed by atoms with Gasteiger partial charge in [0.05, 0.1) is 5.69 Å². The topological polar surface area (TPSA) is 67.3 Å². The highest BCUT2D eigenvalue weighted by molar-refractivity contribution is 7.86. The molecule has 0 aliphatic rings. The summed E-state index contributed by atoms with van der Waals surface area (Å²) in [6.07, 6.45) is 3.47. The maximum atomic E-state index is 10.7. The van der Waals surface area contributed by atoms with Gasteiger partial charge in [-0.2, -0.15) is 21.6 Å². The minimum absolute atomic E-state index is 0. The summed E-state index contributed by atoms with van der Waals surface area (Å²) in [6, 6.07) is 5.73. The van der Waals surface area contributed by atoms with Crippen molar-refractivity contribution >= 4 is 28.6 Å². The minimum Gasteiger partial charge on any atom is -0.279 e. The summed E-state index contributed by atoms with van der Waals surface area (Å²) in [4.78, 5) is 3.98. The third kappa shape index (κ3) is 7.72. The van der Waals surface area contributed by atoms with Crippen molar-refractivity contribution in [2.45, 2.75) is 5.51 Å². The Balaban J connectivity index is 0. The molecule has 0 saturated carbocycles. The van der Waals surface area contributed by atoms with Crippen molar-refractivity contribution in [3.05, 3.63) is 36.7 Å². The molecular formula is C8H9ClF3NO3S.